The van der Waals surface area contributed by atoms with Crippen LogP contribution in [0.4, 0.5) is 13.2 Å². The largest absolute Gasteiger partial charge is 0.441 e. The number of halogens is 3. The van der Waals surface area contributed by atoms with Gasteiger partial charge in [0.1, 0.15) is 0 Å². The number of hydrogen-bond donors (Lipinski definition) is 1. The molecular weight excluding hydrogens is 215 g/mol. The van der Waals surface area contributed by atoms with E-state index in [2.05, 4.69) is 0 Å². The van der Waals surface area contributed by atoms with Crippen molar-refractivity contribution in [2.24, 2.45) is 5.73 Å². The van der Waals surface area contributed by atoms with Gasteiger partial charge in [-0.2, -0.15) is 13.2 Å². The van der Waals surface area contributed by atoms with Gasteiger partial charge in [0.05, 0.1) is 0 Å². The molecule has 0 amide bonds. The van der Waals surface area contributed by atoms with E-state index in [1.54, 1.807) is 0 Å². The Bertz CT molecular complexity index is 180. The van der Waals surface area contributed by atoms with Crippen LogP contribution in [0.1, 0.15) is 19.3 Å². The lowest BCUT2D eigenvalue weighted by molar-refractivity contribution is -0.0329. The molecule has 1 heterocycles. The summed E-state index contributed by atoms with van der Waals surface area (Å²) in [7, 11) is 0. The van der Waals surface area contributed by atoms with Crippen molar-refractivity contribution >= 4 is 11.8 Å². The van der Waals surface area contributed by atoms with Crippen molar-refractivity contribution in [3.05, 3.63) is 0 Å². The first kappa shape index (κ1) is 12.1. The maximum absolute atomic E-state index is 11.8. The smallest absolute Gasteiger partial charge is 0.381 e. The highest BCUT2D eigenvalue weighted by Gasteiger charge is 2.32. The normalized spacial score (nSPS) is 22.3. The van der Waals surface area contributed by atoms with Gasteiger partial charge in [-0.3, -0.25) is 0 Å². The van der Waals surface area contributed by atoms with Crippen LogP contribution >= 0.6 is 11.8 Å². The lowest BCUT2D eigenvalue weighted by Crippen LogP contribution is -2.45. The molecule has 6 heteroatoms. The zero-order chi connectivity index (χ0) is 10.7. The standard InChI is InChI=1S/C8H14F3NOS/c9-8(10,11)14-6-3-7(12)1-4-13-5-2-7/h1-6,12H2. The van der Waals surface area contributed by atoms with Crippen molar-refractivity contribution < 1.29 is 17.9 Å². The Morgan fingerprint density at radius 2 is 1.86 bits per heavy atom. The fourth-order valence-corrected chi connectivity index (χ4v) is 2.14. The molecule has 1 rings (SSSR count). The molecule has 0 unspecified atom stereocenters. The third-order valence-corrected chi connectivity index (χ3v) is 3.09. The predicted octanol–water partition coefficient (Wildman–Crippen LogP) is 2.14. The van der Waals surface area contributed by atoms with Gasteiger partial charge in [0.2, 0.25) is 0 Å². The fourth-order valence-electron chi connectivity index (χ4n) is 1.40. The van der Waals surface area contributed by atoms with Gasteiger partial charge < -0.3 is 10.5 Å². The highest BCUT2D eigenvalue weighted by atomic mass is 32.2. The Morgan fingerprint density at radius 3 is 2.36 bits per heavy atom. The van der Waals surface area contributed by atoms with Crippen LogP contribution in [-0.4, -0.2) is 30.0 Å². The lowest BCUT2D eigenvalue weighted by atomic mass is 9.89. The Kier molecular flexibility index (Phi) is 4.09. The molecule has 84 valence electrons. The topological polar surface area (TPSA) is 35.2 Å². The fraction of sp³-hybridized carbons (Fsp3) is 1.00. The Hall–Kier alpha value is 0.0600. The van der Waals surface area contributed by atoms with E-state index in [1.807, 2.05) is 0 Å². The quantitative estimate of drug-likeness (QED) is 0.805. The average Bonchev–Trinajstić information content (AvgIpc) is 2.02. The minimum absolute atomic E-state index is 0.00494. The average molecular weight is 229 g/mol. The first-order valence-corrected chi connectivity index (χ1v) is 5.47. The molecule has 0 aliphatic carbocycles. The highest BCUT2D eigenvalue weighted by molar-refractivity contribution is 8.00. The molecule has 0 aromatic carbocycles. The molecule has 14 heavy (non-hydrogen) atoms. The summed E-state index contributed by atoms with van der Waals surface area (Å²) in [6.45, 7) is 1.13. The Labute approximate surface area is 85.4 Å². The first-order chi connectivity index (χ1) is 6.41. The zero-order valence-corrected chi connectivity index (χ0v) is 8.59. The second kappa shape index (κ2) is 4.72. The van der Waals surface area contributed by atoms with E-state index in [-0.39, 0.29) is 17.5 Å². The number of rotatable bonds is 3. The van der Waals surface area contributed by atoms with E-state index in [9.17, 15) is 13.2 Å². The molecule has 0 aromatic heterocycles. The maximum atomic E-state index is 11.8. The monoisotopic (exact) mass is 229 g/mol. The van der Waals surface area contributed by atoms with E-state index in [1.165, 1.54) is 0 Å². The summed E-state index contributed by atoms with van der Waals surface area (Å²) in [4.78, 5) is 0. The van der Waals surface area contributed by atoms with Crippen molar-refractivity contribution in [1.82, 2.24) is 0 Å². The van der Waals surface area contributed by atoms with Crippen LogP contribution in [0.3, 0.4) is 0 Å². The number of nitrogens with two attached hydrogens (primary N) is 1. The van der Waals surface area contributed by atoms with Gasteiger partial charge in [-0.05, 0) is 19.3 Å². The molecule has 1 aliphatic rings. The first-order valence-electron chi connectivity index (χ1n) is 4.49. The van der Waals surface area contributed by atoms with Crippen LogP contribution in [-0.2, 0) is 4.74 Å². The number of alkyl halides is 3. The third kappa shape index (κ3) is 4.52. The van der Waals surface area contributed by atoms with E-state index in [0.29, 0.717) is 32.5 Å². The van der Waals surface area contributed by atoms with Crippen LogP contribution in [0.15, 0.2) is 0 Å². The van der Waals surface area contributed by atoms with Gasteiger partial charge in [0.15, 0.2) is 0 Å². The Morgan fingerprint density at radius 1 is 1.29 bits per heavy atom. The van der Waals surface area contributed by atoms with Crippen molar-refractivity contribution in [1.29, 1.82) is 0 Å². The number of ether oxygens (including phenoxy) is 1. The maximum Gasteiger partial charge on any atom is 0.441 e. The van der Waals surface area contributed by atoms with Gasteiger partial charge in [-0.15, -0.1) is 0 Å². The van der Waals surface area contributed by atoms with Crippen LogP contribution in [0.25, 0.3) is 0 Å². The summed E-state index contributed by atoms with van der Waals surface area (Å²) < 4.78 is 40.6. The molecule has 1 aliphatic heterocycles. The van der Waals surface area contributed by atoms with Gasteiger partial charge in [0, 0.05) is 24.5 Å². The number of hydrogen-bond acceptors (Lipinski definition) is 3. The van der Waals surface area contributed by atoms with Crippen LogP contribution in [0.2, 0.25) is 0 Å². The van der Waals surface area contributed by atoms with Crippen molar-refractivity contribution in [2.75, 3.05) is 19.0 Å². The molecule has 1 saturated heterocycles. The van der Waals surface area contributed by atoms with Crippen LogP contribution < -0.4 is 5.73 Å². The summed E-state index contributed by atoms with van der Waals surface area (Å²) in [5.41, 5.74) is 1.34. The van der Waals surface area contributed by atoms with E-state index in [0.717, 1.165) is 0 Å². The summed E-state index contributed by atoms with van der Waals surface area (Å²) in [6, 6.07) is 0. The van der Waals surface area contributed by atoms with E-state index < -0.39 is 11.0 Å². The molecule has 0 saturated carbocycles. The molecular formula is C8H14F3NOS. The predicted molar refractivity (Wildman–Crippen MR) is 50.1 cm³/mol. The molecule has 0 atom stereocenters. The van der Waals surface area contributed by atoms with Gasteiger partial charge in [-0.25, -0.2) is 0 Å². The molecule has 2 nitrogen and oxygen atoms in total. The highest BCUT2D eigenvalue weighted by Crippen LogP contribution is 2.33. The molecule has 0 bridgehead atoms. The van der Waals surface area contributed by atoms with Crippen molar-refractivity contribution in [3.8, 4) is 0 Å². The van der Waals surface area contributed by atoms with Gasteiger partial charge in [-0.1, -0.05) is 11.8 Å². The second-order valence-electron chi connectivity index (χ2n) is 3.52. The summed E-state index contributed by atoms with van der Waals surface area (Å²) in [6.07, 6.45) is 1.72. The summed E-state index contributed by atoms with van der Waals surface area (Å²) in [5, 5.41) is 0. The zero-order valence-electron chi connectivity index (χ0n) is 7.77. The van der Waals surface area contributed by atoms with Crippen LogP contribution in [0, 0.1) is 0 Å². The molecule has 0 spiro atoms. The van der Waals surface area contributed by atoms with E-state index in [4.69, 9.17) is 10.5 Å². The summed E-state index contributed by atoms with van der Waals surface area (Å²) >= 11 is 0.00494. The molecule has 0 radical (unpaired) electrons. The van der Waals surface area contributed by atoms with E-state index >= 15 is 0 Å². The second-order valence-corrected chi connectivity index (χ2v) is 4.68. The number of thioether (sulfide) groups is 1. The molecule has 0 aromatic rings. The minimum atomic E-state index is -4.14. The van der Waals surface area contributed by atoms with Crippen molar-refractivity contribution in [3.63, 3.8) is 0 Å². The molecule has 2 N–H and O–H groups in total. The Balaban J connectivity index is 2.22. The lowest BCUT2D eigenvalue weighted by Gasteiger charge is -2.33. The summed E-state index contributed by atoms with van der Waals surface area (Å²) in [5.74, 6) is 0.0417. The minimum Gasteiger partial charge on any atom is -0.381 e. The SMILES string of the molecule is NC1(CCSC(F)(F)F)CCOCC1. The van der Waals surface area contributed by atoms with Gasteiger partial charge >= 0.3 is 5.51 Å². The van der Waals surface area contributed by atoms with Crippen LogP contribution in [0.5, 0.6) is 0 Å². The van der Waals surface area contributed by atoms with Crippen molar-refractivity contribution in [2.45, 2.75) is 30.3 Å². The molecule has 1 fully saturated rings. The third-order valence-electron chi connectivity index (χ3n) is 2.35. The van der Waals surface area contributed by atoms with Gasteiger partial charge in [0.25, 0.3) is 0 Å².